The van der Waals surface area contributed by atoms with E-state index in [1.54, 1.807) is 19.1 Å². The van der Waals surface area contributed by atoms with Gasteiger partial charge in [-0.2, -0.15) is 0 Å². The van der Waals surface area contributed by atoms with Crippen LogP contribution in [0.2, 0.25) is 18.1 Å². The second-order valence-electron chi connectivity index (χ2n) is 11.6. The zero-order chi connectivity index (χ0) is 27.4. The second-order valence-corrected chi connectivity index (χ2v) is 16.3. The van der Waals surface area contributed by atoms with Crippen molar-refractivity contribution in [3.8, 4) is 11.5 Å². The molecular formula is C28H40O8Si. The minimum atomic E-state index is -2.47. The monoisotopic (exact) mass is 532 g/mol. The molecule has 1 aliphatic heterocycles. The van der Waals surface area contributed by atoms with Crippen LogP contribution in [-0.4, -0.2) is 60.2 Å². The van der Waals surface area contributed by atoms with Crippen LogP contribution in [0.3, 0.4) is 0 Å². The smallest absolute Gasteiger partial charge is 0.321 e. The van der Waals surface area contributed by atoms with E-state index >= 15 is 0 Å². The number of allylic oxidation sites excluding steroid dienone is 1. The Morgan fingerprint density at radius 2 is 1.70 bits per heavy atom. The molecule has 1 fully saturated rings. The van der Waals surface area contributed by atoms with Gasteiger partial charge in [0.1, 0.15) is 11.5 Å². The van der Waals surface area contributed by atoms with Gasteiger partial charge in [0.25, 0.3) is 0 Å². The number of esters is 1. The number of carbonyl (C=O) groups excluding carboxylic acids is 2. The van der Waals surface area contributed by atoms with Gasteiger partial charge in [0.05, 0.1) is 57.2 Å². The normalized spacial score (nSPS) is 26.8. The number of ether oxygens (including phenoxy) is 5. The fourth-order valence-corrected chi connectivity index (χ4v) is 7.01. The van der Waals surface area contributed by atoms with Crippen molar-refractivity contribution >= 4 is 20.1 Å². The van der Waals surface area contributed by atoms with Crippen LogP contribution in [0.1, 0.15) is 57.0 Å². The first-order valence-corrected chi connectivity index (χ1v) is 15.8. The predicted octanol–water partition coefficient (Wildman–Crippen LogP) is 5.01. The van der Waals surface area contributed by atoms with Gasteiger partial charge < -0.3 is 28.1 Å². The largest absolute Gasteiger partial charge is 0.496 e. The molecule has 1 saturated heterocycles. The number of benzene rings is 1. The summed E-state index contributed by atoms with van der Waals surface area (Å²) in [4.78, 5) is 28.9. The minimum Gasteiger partial charge on any atom is -0.496 e. The van der Waals surface area contributed by atoms with Gasteiger partial charge in [-0.05, 0) is 50.5 Å². The van der Waals surface area contributed by atoms with Crippen LogP contribution in [0, 0.1) is 11.3 Å². The maximum Gasteiger partial charge on any atom is 0.321 e. The summed E-state index contributed by atoms with van der Waals surface area (Å²) in [7, 11) is 0.570. The lowest BCUT2D eigenvalue weighted by Crippen LogP contribution is -2.69. The number of hydrogen-bond acceptors (Lipinski definition) is 8. The summed E-state index contributed by atoms with van der Waals surface area (Å²) in [6.45, 7) is 15.0. The van der Waals surface area contributed by atoms with Crippen molar-refractivity contribution in [2.75, 3.05) is 34.0 Å². The van der Waals surface area contributed by atoms with Gasteiger partial charge in [-0.3, -0.25) is 9.59 Å². The molecule has 9 heteroatoms. The molecular weight excluding hydrogens is 492 g/mol. The molecule has 3 atom stereocenters. The van der Waals surface area contributed by atoms with E-state index in [4.69, 9.17) is 28.1 Å². The van der Waals surface area contributed by atoms with E-state index in [-0.39, 0.29) is 30.6 Å². The molecule has 1 aromatic carbocycles. The van der Waals surface area contributed by atoms with E-state index in [0.29, 0.717) is 29.0 Å². The summed E-state index contributed by atoms with van der Waals surface area (Å²) in [5.41, 5.74) is 0.00553. The zero-order valence-electron chi connectivity index (χ0n) is 23.5. The molecule has 1 spiro atoms. The SMILES string of the molecule is CCOC(=O)[C@@]12C(O[Si](C)(C)C(C)(C)C)C=C(C)CC1C(=O)c1c(OC)ccc(OC)c1C21OCCO1. The van der Waals surface area contributed by atoms with Gasteiger partial charge in [0, 0.05) is 0 Å². The fraction of sp³-hybridized carbons (Fsp3) is 0.643. The van der Waals surface area contributed by atoms with Crippen molar-refractivity contribution in [1.29, 1.82) is 0 Å². The lowest BCUT2D eigenvalue weighted by molar-refractivity contribution is -0.284. The Bertz CT molecular complexity index is 1110. The number of fused-ring (bicyclic) bond motifs is 4. The molecule has 1 heterocycles. The quantitative estimate of drug-likeness (QED) is 0.287. The molecule has 0 amide bonds. The van der Waals surface area contributed by atoms with E-state index in [2.05, 4.69) is 33.9 Å². The van der Waals surface area contributed by atoms with Crippen LogP contribution in [0.5, 0.6) is 11.5 Å². The maximum absolute atomic E-state index is 14.5. The second kappa shape index (κ2) is 9.52. The van der Waals surface area contributed by atoms with Crippen molar-refractivity contribution in [3.63, 3.8) is 0 Å². The Labute approximate surface area is 220 Å². The Kier molecular flexibility index (Phi) is 7.16. The van der Waals surface area contributed by atoms with Crippen LogP contribution < -0.4 is 9.47 Å². The van der Waals surface area contributed by atoms with Gasteiger partial charge in [-0.15, -0.1) is 0 Å². The van der Waals surface area contributed by atoms with Crippen LogP contribution in [-0.2, 0) is 29.2 Å². The fourth-order valence-electron chi connectivity index (χ4n) is 5.77. The molecule has 1 aromatic rings. The molecule has 2 unspecified atom stereocenters. The highest BCUT2D eigenvalue weighted by Crippen LogP contribution is 2.65. The molecule has 2 aliphatic carbocycles. The maximum atomic E-state index is 14.5. The summed E-state index contributed by atoms with van der Waals surface area (Å²) in [6, 6.07) is 3.41. The van der Waals surface area contributed by atoms with Gasteiger partial charge in [-0.1, -0.05) is 32.4 Å². The molecule has 0 N–H and O–H groups in total. The molecule has 4 rings (SSSR count). The summed E-state index contributed by atoms with van der Waals surface area (Å²) in [5, 5.41) is -0.153. The third-order valence-electron chi connectivity index (χ3n) is 8.50. The number of ketones is 1. The third-order valence-corrected chi connectivity index (χ3v) is 13.0. The molecule has 0 bridgehead atoms. The lowest BCUT2D eigenvalue weighted by Gasteiger charge is -2.57. The number of rotatable bonds is 6. The average Bonchev–Trinajstić information content (AvgIpc) is 3.31. The minimum absolute atomic E-state index is 0.134. The van der Waals surface area contributed by atoms with Gasteiger partial charge >= 0.3 is 5.97 Å². The van der Waals surface area contributed by atoms with E-state index < -0.39 is 37.5 Å². The van der Waals surface area contributed by atoms with Crippen molar-refractivity contribution in [2.24, 2.45) is 11.3 Å². The van der Waals surface area contributed by atoms with E-state index in [1.165, 1.54) is 14.2 Å². The zero-order valence-corrected chi connectivity index (χ0v) is 24.5. The summed E-state index contributed by atoms with van der Waals surface area (Å²) in [5.74, 6) is -2.57. The Morgan fingerprint density at radius 1 is 1.11 bits per heavy atom. The predicted molar refractivity (Wildman–Crippen MR) is 140 cm³/mol. The summed E-state index contributed by atoms with van der Waals surface area (Å²) < 4.78 is 37.2. The van der Waals surface area contributed by atoms with Crippen molar-refractivity contribution < 1.29 is 37.7 Å². The van der Waals surface area contributed by atoms with E-state index in [0.717, 1.165) is 5.57 Å². The Hall–Kier alpha value is -2.20. The summed E-state index contributed by atoms with van der Waals surface area (Å²) >= 11 is 0. The van der Waals surface area contributed by atoms with E-state index in [9.17, 15) is 9.59 Å². The lowest BCUT2D eigenvalue weighted by atomic mass is 9.53. The van der Waals surface area contributed by atoms with Crippen molar-refractivity contribution in [2.45, 2.75) is 71.1 Å². The Balaban J connectivity index is 2.13. The highest BCUT2D eigenvalue weighted by atomic mass is 28.4. The molecule has 0 saturated carbocycles. The first-order chi connectivity index (χ1) is 17.3. The molecule has 8 nitrogen and oxygen atoms in total. The topological polar surface area (TPSA) is 89.5 Å². The number of Topliss-reactive ketones (excluding diaryl/α,β-unsaturated/α-hetero) is 1. The van der Waals surface area contributed by atoms with Crippen LogP contribution in [0.4, 0.5) is 0 Å². The molecule has 37 heavy (non-hydrogen) atoms. The highest BCUT2D eigenvalue weighted by molar-refractivity contribution is 6.74. The van der Waals surface area contributed by atoms with Crippen molar-refractivity contribution in [1.82, 2.24) is 0 Å². The van der Waals surface area contributed by atoms with Crippen LogP contribution >= 0.6 is 0 Å². The first kappa shape index (κ1) is 27.8. The number of methoxy groups -OCH3 is 2. The van der Waals surface area contributed by atoms with Crippen molar-refractivity contribution in [3.05, 3.63) is 34.9 Å². The van der Waals surface area contributed by atoms with Crippen LogP contribution in [0.15, 0.2) is 23.8 Å². The van der Waals surface area contributed by atoms with Crippen LogP contribution in [0.25, 0.3) is 0 Å². The van der Waals surface area contributed by atoms with Gasteiger partial charge in [-0.25, -0.2) is 0 Å². The standard InChI is InChI=1S/C28H40O8Si/c1-10-33-25(30)27-18(15-17(2)16-21(27)36-37(8,9)26(3,4)5)24(29)22-19(31-6)11-12-20(32-7)23(22)28(27)34-13-14-35-28/h11-12,16,18,21H,10,13-15H2,1-9H3/t18?,21?,27-/m0/s1. The molecule has 204 valence electrons. The Morgan fingerprint density at radius 3 is 2.24 bits per heavy atom. The molecule has 0 radical (unpaired) electrons. The molecule has 3 aliphatic rings. The number of hydrogen-bond donors (Lipinski definition) is 0. The van der Waals surface area contributed by atoms with E-state index in [1.807, 2.05) is 13.0 Å². The summed E-state index contributed by atoms with van der Waals surface area (Å²) in [6.07, 6.45) is 1.48. The highest BCUT2D eigenvalue weighted by Gasteiger charge is 2.76. The van der Waals surface area contributed by atoms with Gasteiger partial charge in [0.15, 0.2) is 19.5 Å². The third kappa shape index (κ3) is 3.88. The van der Waals surface area contributed by atoms with Gasteiger partial charge in [0.2, 0.25) is 5.79 Å². The molecule has 0 aromatic heterocycles. The number of carbonyl (C=O) groups is 2. The average molecular weight is 533 g/mol. The first-order valence-electron chi connectivity index (χ1n) is 12.9.